The molecule has 0 spiro atoms. The molecule has 88 valence electrons. The van der Waals surface area contributed by atoms with Crippen LogP contribution in [0, 0.1) is 0 Å². The van der Waals surface area contributed by atoms with Gasteiger partial charge in [0.15, 0.2) is 0 Å². The summed E-state index contributed by atoms with van der Waals surface area (Å²) in [4.78, 5) is 15.6. The van der Waals surface area contributed by atoms with E-state index in [4.69, 9.17) is 11.6 Å². The number of carbonyl (C=O) groups is 1. The average molecular weight is 249 g/mol. The van der Waals surface area contributed by atoms with Crippen molar-refractivity contribution in [3.05, 3.63) is 41.4 Å². The SMILES string of the molecule is O=C(/N=C1\C=CCCC1)Nc1ccc(Cl)cc1. The maximum Gasteiger partial charge on any atom is 0.345 e. The van der Waals surface area contributed by atoms with Gasteiger partial charge in [-0.05, 0) is 49.6 Å². The molecule has 0 aromatic heterocycles. The third-order valence-corrected chi connectivity index (χ3v) is 2.71. The van der Waals surface area contributed by atoms with Gasteiger partial charge in [0.2, 0.25) is 0 Å². The Hall–Kier alpha value is -1.61. The number of carbonyl (C=O) groups excluding carboxylic acids is 1. The van der Waals surface area contributed by atoms with Gasteiger partial charge in [0, 0.05) is 16.4 Å². The highest BCUT2D eigenvalue weighted by Crippen LogP contribution is 2.14. The molecule has 2 amide bonds. The van der Waals surface area contributed by atoms with Crippen molar-refractivity contribution in [2.75, 3.05) is 5.32 Å². The molecule has 1 aliphatic rings. The van der Waals surface area contributed by atoms with Crippen molar-refractivity contribution in [2.45, 2.75) is 19.3 Å². The molecular weight excluding hydrogens is 236 g/mol. The van der Waals surface area contributed by atoms with E-state index in [0.29, 0.717) is 10.7 Å². The number of amides is 2. The minimum atomic E-state index is -0.339. The van der Waals surface area contributed by atoms with Crippen molar-refractivity contribution in [2.24, 2.45) is 4.99 Å². The Labute approximate surface area is 105 Å². The lowest BCUT2D eigenvalue weighted by atomic mass is 10.1. The minimum absolute atomic E-state index is 0.339. The maximum absolute atomic E-state index is 11.6. The number of anilines is 1. The van der Waals surface area contributed by atoms with E-state index in [-0.39, 0.29) is 6.03 Å². The average Bonchev–Trinajstić information content (AvgIpc) is 2.33. The van der Waals surface area contributed by atoms with E-state index < -0.39 is 0 Å². The number of urea groups is 1. The third kappa shape index (κ3) is 3.71. The standard InChI is InChI=1S/C13H13ClN2O/c14-10-6-8-12(9-7-10)16-13(17)15-11-4-2-1-3-5-11/h2,4,6-9H,1,3,5H2,(H,16,17)/b15-11+. The van der Waals surface area contributed by atoms with Crippen LogP contribution >= 0.6 is 11.6 Å². The molecule has 0 atom stereocenters. The first kappa shape index (κ1) is 11.9. The molecule has 1 aromatic carbocycles. The van der Waals surface area contributed by atoms with Crippen LogP contribution in [-0.4, -0.2) is 11.7 Å². The van der Waals surface area contributed by atoms with E-state index >= 15 is 0 Å². The van der Waals surface area contributed by atoms with E-state index in [1.165, 1.54) is 0 Å². The van der Waals surface area contributed by atoms with Gasteiger partial charge < -0.3 is 5.32 Å². The van der Waals surface area contributed by atoms with Gasteiger partial charge in [0.1, 0.15) is 0 Å². The summed E-state index contributed by atoms with van der Waals surface area (Å²) >= 11 is 5.75. The van der Waals surface area contributed by atoms with Gasteiger partial charge >= 0.3 is 6.03 Å². The van der Waals surface area contributed by atoms with Crippen LogP contribution in [-0.2, 0) is 0 Å². The molecule has 1 N–H and O–H groups in total. The smallest absolute Gasteiger partial charge is 0.306 e. The molecule has 0 bridgehead atoms. The Bertz CT molecular complexity index is 463. The number of nitrogens with one attached hydrogen (secondary N) is 1. The molecule has 2 rings (SSSR count). The monoisotopic (exact) mass is 248 g/mol. The molecule has 0 saturated heterocycles. The van der Waals surface area contributed by atoms with Gasteiger partial charge in [-0.25, -0.2) is 4.79 Å². The Kier molecular flexibility index (Phi) is 3.94. The van der Waals surface area contributed by atoms with Crippen LogP contribution in [0.25, 0.3) is 0 Å². The molecule has 1 aliphatic carbocycles. The number of allylic oxidation sites excluding steroid dienone is 2. The normalized spacial score (nSPS) is 17.1. The second kappa shape index (κ2) is 5.64. The van der Waals surface area contributed by atoms with E-state index in [9.17, 15) is 4.79 Å². The highest BCUT2D eigenvalue weighted by Gasteiger charge is 2.04. The largest absolute Gasteiger partial charge is 0.345 e. The maximum atomic E-state index is 11.6. The molecule has 0 radical (unpaired) electrons. The highest BCUT2D eigenvalue weighted by atomic mass is 35.5. The molecule has 0 aliphatic heterocycles. The summed E-state index contributed by atoms with van der Waals surface area (Å²) in [7, 11) is 0. The number of nitrogens with zero attached hydrogens (tertiary/aromatic N) is 1. The number of hydrogen-bond donors (Lipinski definition) is 1. The zero-order valence-corrected chi connectivity index (χ0v) is 10.1. The van der Waals surface area contributed by atoms with E-state index in [1.807, 2.05) is 12.2 Å². The molecule has 3 nitrogen and oxygen atoms in total. The second-order valence-electron chi connectivity index (χ2n) is 3.83. The van der Waals surface area contributed by atoms with E-state index in [2.05, 4.69) is 10.3 Å². The van der Waals surface area contributed by atoms with Crippen molar-refractivity contribution in [3.63, 3.8) is 0 Å². The Balaban J connectivity index is 1.99. The van der Waals surface area contributed by atoms with Crippen molar-refractivity contribution in [1.29, 1.82) is 0 Å². The molecule has 0 saturated carbocycles. The fourth-order valence-corrected chi connectivity index (χ4v) is 1.74. The number of halogens is 1. The van der Waals surface area contributed by atoms with Crippen molar-refractivity contribution in [3.8, 4) is 0 Å². The summed E-state index contributed by atoms with van der Waals surface area (Å²) in [6.07, 6.45) is 6.94. The predicted octanol–water partition coefficient (Wildman–Crippen LogP) is 4.05. The second-order valence-corrected chi connectivity index (χ2v) is 4.27. The van der Waals surface area contributed by atoms with Crippen LogP contribution < -0.4 is 5.32 Å². The summed E-state index contributed by atoms with van der Waals surface area (Å²) in [6, 6.07) is 6.61. The van der Waals surface area contributed by atoms with Crippen LogP contribution in [0.15, 0.2) is 41.4 Å². The quantitative estimate of drug-likeness (QED) is 0.800. The molecule has 0 fully saturated rings. The van der Waals surface area contributed by atoms with Crippen LogP contribution in [0.2, 0.25) is 5.02 Å². The van der Waals surface area contributed by atoms with Crippen LogP contribution in [0.3, 0.4) is 0 Å². The molecule has 4 heteroatoms. The first-order chi connectivity index (χ1) is 8.24. The Morgan fingerprint density at radius 3 is 2.71 bits per heavy atom. The van der Waals surface area contributed by atoms with Crippen LogP contribution in [0.5, 0.6) is 0 Å². The first-order valence-electron chi connectivity index (χ1n) is 5.55. The van der Waals surface area contributed by atoms with E-state index in [1.54, 1.807) is 24.3 Å². The zero-order valence-electron chi connectivity index (χ0n) is 9.32. The number of benzene rings is 1. The lowest BCUT2D eigenvalue weighted by Gasteiger charge is -2.06. The number of rotatable bonds is 1. The Morgan fingerprint density at radius 1 is 1.29 bits per heavy atom. The predicted molar refractivity (Wildman–Crippen MR) is 70.9 cm³/mol. The van der Waals surface area contributed by atoms with Crippen molar-refractivity contribution < 1.29 is 4.79 Å². The van der Waals surface area contributed by atoms with Crippen LogP contribution in [0.4, 0.5) is 10.5 Å². The fourth-order valence-electron chi connectivity index (χ4n) is 1.61. The minimum Gasteiger partial charge on any atom is -0.306 e. The lowest BCUT2D eigenvalue weighted by Crippen LogP contribution is -2.10. The van der Waals surface area contributed by atoms with Gasteiger partial charge in [-0.1, -0.05) is 17.7 Å². The van der Waals surface area contributed by atoms with Gasteiger partial charge in [0.05, 0.1) is 0 Å². The summed E-state index contributed by atoms with van der Waals surface area (Å²) in [5.41, 5.74) is 1.53. The number of hydrogen-bond acceptors (Lipinski definition) is 1. The van der Waals surface area contributed by atoms with E-state index in [0.717, 1.165) is 25.0 Å². The lowest BCUT2D eigenvalue weighted by molar-refractivity contribution is 0.259. The van der Waals surface area contributed by atoms with Gasteiger partial charge in [-0.2, -0.15) is 4.99 Å². The summed E-state index contributed by atoms with van der Waals surface area (Å²) in [6.45, 7) is 0. The van der Waals surface area contributed by atoms with Gasteiger partial charge in [-0.3, -0.25) is 0 Å². The molecule has 0 heterocycles. The van der Waals surface area contributed by atoms with Crippen LogP contribution in [0.1, 0.15) is 19.3 Å². The highest BCUT2D eigenvalue weighted by molar-refractivity contribution is 6.30. The summed E-state index contributed by atoms with van der Waals surface area (Å²) < 4.78 is 0. The Morgan fingerprint density at radius 2 is 2.06 bits per heavy atom. The molecular formula is C13H13ClN2O. The van der Waals surface area contributed by atoms with Gasteiger partial charge in [0.25, 0.3) is 0 Å². The van der Waals surface area contributed by atoms with Crippen molar-refractivity contribution in [1.82, 2.24) is 0 Å². The third-order valence-electron chi connectivity index (χ3n) is 2.45. The fraction of sp³-hybridized carbons (Fsp3) is 0.231. The molecule has 1 aromatic rings. The summed E-state index contributed by atoms with van der Waals surface area (Å²) in [5, 5.41) is 3.34. The molecule has 0 unspecified atom stereocenters. The first-order valence-corrected chi connectivity index (χ1v) is 5.92. The van der Waals surface area contributed by atoms with Crippen molar-refractivity contribution >= 4 is 29.0 Å². The van der Waals surface area contributed by atoms with Gasteiger partial charge in [-0.15, -0.1) is 0 Å². The zero-order chi connectivity index (χ0) is 12.1. The topological polar surface area (TPSA) is 41.5 Å². The number of aliphatic imine (C=N–C) groups is 1. The molecule has 17 heavy (non-hydrogen) atoms. The summed E-state index contributed by atoms with van der Waals surface area (Å²) in [5.74, 6) is 0.